The molecular formula is C36H38N8O2+2. The van der Waals surface area contributed by atoms with Crippen LogP contribution in [0.5, 0.6) is 11.5 Å². The minimum atomic E-state index is 0.504. The number of hydrogen-bond donors (Lipinski definition) is 0. The molecule has 0 aliphatic carbocycles. The van der Waals surface area contributed by atoms with E-state index in [0.717, 1.165) is 71.5 Å². The van der Waals surface area contributed by atoms with E-state index in [1.807, 2.05) is 97.6 Å². The molecule has 232 valence electrons. The zero-order valence-electron chi connectivity index (χ0n) is 26.2. The van der Waals surface area contributed by atoms with Crippen LogP contribution in [0.4, 0.5) is 0 Å². The molecule has 10 nitrogen and oxygen atoms in total. The van der Waals surface area contributed by atoms with Gasteiger partial charge in [-0.15, -0.1) is 0 Å². The summed E-state index contributed by atoms with van der Waals surface area (Å²) < 4.78 is 20.6. The number of benzene rings is 2. The average Bonchev–Trinajstić information content (AvgIpc) is 3.61. The average molecular weight is 615 g/mol. The number of ether oxygens (including phenoxy) is 2. The van der Waals surface area contributed by atoms with Gasteiger partial charge in [0.15, 0.2) is 24.6 Å². The number of hydrazone groups is 2. The minimum absolute atomic E-state index is 0.504. The number of pyridine rings is 2. The Morgan fingerprint density at radius 1 is 0.587 bits per heavy atom. The van der Waals surface area contributed by atoms with Crippen molar-refractivity contribution in [2.24, 2.45) is 24.3 Å². The maximum absolute atomic E-state index is 6.05. The van der Waals surface area contributed by atoms with Crippen LogP contribution in [0.25, 0.3) is 11.3 Å². The second-order valence-corrected chi connectivity index (χ2v) is 11.4. The van der Waals surface area contributed by atoms with E-state index in [4.69, 9.17) is 19.7 Å². The van der Waals surface area contributed by atoms with Crippen LogP contribution in [0, 0.1) is 0 Å². The lowest BCUT2D eigenvalue weighted by molar-refractivity contribution is -0.511. The van der Waals surface area contributed by atoms with E-state index >= 15 is 0 Å². The lowest BCUT2D eigenvalue weighted by atomic mass is 10.2. The fourth-order valence-electron chi connectivity index (χ4n) is 5.57. The molecular weight excluding hydrogens is 576 g/mol. The highest BCUT2D eigenvalue weighted by Gasteiger charge is 2.16. The molecule has 0 N–H and O–H groups in total. The molecule has 0 bridgehead atoms. The first kappa shape index (κ1) is 29.1. The third-order valence-corrected chi connectivity index (χ3v) is 8.37. The molecule has 46 heavy (non-hydrogen) atoms. The standard InChI is InChI=1S/C36H38N8O2/c1-39-31(25-41-17-5-3-7-35(39)41)27-45-33-13-9-29(10-14-33)23-37-43-19-21-44(22-20-43)38-24-30-11-15-34(16-12-30)46-28-32-26-42-18-6-4-8-36(42)40(32)2/h3-18,23-26H,19-22,27-28H2,1-2H3/q+2/b37-23-,38-24+. The van der Waals surface area contributed by atoms with Crippen LogP contribution in [0.2, 0.25) is 0 Å². The van der Waals surface area contributed by atoms with Gasteiger partial charge in [0.05, 0.1) is 65.1 Å². The number of imidazole rings is 2. The van der Waals surface area contributed by atoms with Crippen LogP contribution in [0.3, 0.4) is 0 Å². The zero-order chi connectivity index (χ0) is 31.3. The predicted octanol–water partition coefficient (Wildman–Crippen LogP) is 3.98. The molecule has 0 unspecified atom stereocenters. The Morgan fingerprint density at radius 3 is 1.39 bits per heavy atom. The third-order valence-electron chi connectivity index (χ3n) is 8.37. The maximum Gasteiger partial charge on any atom is 0.286 e. The fourth-order valence-corrected chi connectivity index (χ4v) is 5.57. The van der Waals surface area contributed by atoms with Crippen molar-refractivity contribution >= 4 is 23.7 Å². The van der Waals surface area contributed by atoms with Gasteiger partial charge in [0, 0.05) is 12.1 Å². The van der Waals surface area contributed by atoms with Crippen molar-refractivity contribution < 1.29 is 18.3 Å². The third kappa shape index (κ3) is 6.56. The minimum Gasteiger partial charge on any atom is -0.485 e. The molecule has 1 fully saturated rings. The number of piperazine rings is 1. The molecule has 1 saturated heterocycles. The van der Waals surface area contributed by atoms with Gasteiger partial charge in [-0.3, -0.25) is 10.0 Å². The van der Waals surface area contributed by atoms with Gasteiger partial charge >= 0.3 is 0 Å². The Morgan fingerprint density at radius 2 is 1.00 bits per heavy atom. The number of aryl methyl sites for hydroxylation is 2. The smallest absolute Gasteiger partial charge is 0.286 e. The molecule has 0 saturated carbocycles. The summed E-state index contributed by atoms with van der Waals surface area (Å²) in [6, 6.07) is 28.4. The Bertz CT molecular complexity index is 1840. The zero-order valence-corrected chi connectivity index (χ0v) is 26.2. The van der Waals surface area contributed by atoms with Gasteiger partial charge in [0.1, 0.15) is 23.9 Å². The van der Waals surface area contributed by atoms with Crippen molar-refractivity contribution in [1.29, 1.82) is 0 Å². The van der Waals surface area contributed by atoms with Gasteiger partial charge in [-0.05, 0) is 71.8 Å². The van der Waals surface area contributed by atoms with Crippen LogP contribution in [-0.4, -0.2) is 57.8 Å². The van der Waals surface area contributed by atoms with Gasteiger partial charge in [-0.1, -0.05) is 12.1 Å². The van der Waals surface area contributed by atoms with Crippen molar-refractivity contribution in [3.05, 3.63) is 132 Å². The van der Waals surface area contributed by atoms with Crippen LogP contribution < -0.4 is 18.3 Å². The number of fused-ring (bicyclic) bond motifs is 2. The van der Waals surface area contributed by atoms with Crippen LogP contribution >= 0.6 is 0 Å². The van der Waals surface area contributed by atoms with Crippen LogP contribution in [0.1, 0.15) is 22.5 Å². The molecule has 5 heterocycles. The molecule has 0 amide bonds. The predicted molar refractivity (Wildman–Crippen MR) is 177 cm³/mol. The van der Waals surface area contributed by atoms with Gasteiger partial charge in [-0.2, -0.15) is 10.2 Å². The quantitative estimate of drug-likeness (QED) is 0.173. The highest BCUT2D eigenvalue weighted by atomic mass is 16.5. The lowest BCUT2D eigenvalue weighted by Gasteiger charge is -2.31. The summed E-state index contributed by atoms with van der Waals surface area (Å²) >= 11 is 0. The first-order valence-corrected chi connectivity index (χ1v) is 15.5. The van der Waals surface area contributed by atoms with E-state index in [1.54, 1.807) is 0 Å². The fraction of sp³-hybridized carbons (Fsp3) is 0.222. The van der Waals surface area contributed by atoms with E-state index in [0.29, 0.717) is 13.2 Å². The highest BCUT2D eigenvalue weighted by Crippen LogP contribution is 2.16. The highest BCUT2D eigenvalue weighted by molar-refractivity contribution is 5.80. The second-order valence-electron chi connectivity index (χ2n) is 11.4. The van der Waals surface area contributed by atoms with E-state index in [2.05, 4.69) is 66.6 Å². The topological polar surface area (TPSA) is 67.7 Å². The summed E-state index contributed by atoms with van der Waals surface area (Å²) in [6.07, 6.45) is 12.1. The summed E-state index contributed by atoms with van der Waals surface area (Å²) in [4.78, 5) is 0. The lowest BCUT2D eigenvalue weighted by Crippen LogP contribution is -2.41. The number of aromatic nitrogens is 4. The molecule has 4 aromatic heterocycles. The molecule has 2 aromatic carbocycles. The first-order chi connectivity index (χ1) is 22.6. The SMILES string of the molecule is Cn1c(COc2ccc(/C=N\N3CCN(/N=C/c4ccc(OCc5c[n+]6ccccc6n5C)cc4)CC3)cc2)c[n+]2ccccc12. The van der Waals surface area contributed by atoms with Gasteiger partial charge in [0.2, 0.25) is 0 Å². The number of rotatable bonds is 10. The van der Waals surface area contributed by atoms with Crippen molar-refractivity contribution in [2.75, 3.05) is 26.2 Å². The maximum atomic E-state index is 6.05. The molecule has 7 rings (SSSR count). The van der Waals surface area contributed by atoms with Gasteiger partial charge in [-0.25, -0.2) is 17.9 Å². The Labute approximate surface area is 268 Å². The van der Waals surface area contributed by atoms with Crippen molar-refractivity contribution in [3.8, 4) is 11.5 Å². The van der Waals surface area contributed by atoms with Gasteiger partial charge in [0.25, 0.3) is 11.3 Å². The van der Waals surface area contributed by atoms with E-state index in [9.17, 15) is 0 Å². The normalized spacial score (nSPS) is 13.9. The summed E-state index contributed by atoms with van der Waals surface area (Å²) in [5.41, 5.74) is 6.55. The Balaban J connectivity index is 0.846. The van der Waals surface area contributed by atoms with Crippen molar-refractivity contribution in [1.82, 2.24) is 19.2 Å². The second kappa shape index (κ2) is 13.2. The summed E-state index contributed by atoms with van der Waals surface area (Å²) in [5, 5.41) is 13.6. The summed E-state index contributed by atoms with van der Waals surface area (Å²) in [6.45, 7) is 4.28. The van der Waals surface area contributed by atoms with E-state index in [-0.39, 0.29) is 0 Å². The van der Waals surface area contributed by atoms with Crippen LogP contribution in [0.15, 0.2) is 120 Å². The molecule has 0 atom stereocenters. The number of hydrogen-bond acceptors (Lipinski definition) is 6. The Kier molecular flexibility index (Phi) is 8.32. The molecule has 6 aromatic rings. The van der Waals surface area contributed by atoms with E-state index < -0.39 is 0 Å². The monoisotopic (exact) mass is 614 g/mol. The first-order valence-electron chi connectivity index (χ1n) is 15.5. The molecule has 10 heteroatoms. The number of nitrogens with zero attached hydrogens (tertiary/aromatic N) is 8. The van der Waals surface area contributed by atoms with Crippen molar-refractivity contribution in [3.63, 3.8) is 0 Å². The van der Waals surface area contributed by atoms with Crippen LogP contribution in [-0.2, 0) is 27.3 Å². The largest absolute Gasteiger partial charge is 0.485 e. The molecule has 1 aliphatic rings. The molecule has 0 spiro atoms. The van der Waals surface area contributed by atoms with Gasteiger partial charge < -0.3 is 9.47 Å². The summed E-state index contributed by atoms with van der Waals surface area (Å²) in [7, 11) is 4.12. The van der Waals surface area contributed by atoms with E-state index in [1.165, 1.54) is 0 Å². The molecule has 1 aliphatic heterocycles. The Hall–Kier alpha value is -5.64. The van der Waals surface area contributed by atoms with Crippen molar-refractivity contribution in [2.45, 2.75) is 13.2 Å². The summed E-state index contributed by atoms with van der Waals surface area (Å²) in [5.74, 6) is 1.67. The molecule has 0 radical (unpaired) electrons.